The van der Waals surface area contributed by atoms with Gasteiger partial charge in [0.1, 0.15) is 48.5 Å². The van der Waals surface area contributed by atoms with Gasteiger partial charge in [0.15, 0.2) is 29.7 Å². The summed E-state index contributed by atoms with van der Waals surface area (Å²) in [6.45, 7) is -2.17. The van der Waals surface area contributed by atoms with Gasteiger partial charge in [-0.25, -0.2) is 24.1 Å². The fourth-order valence-electron chi connectivity index (χ4n) is 4.88. The topological polar surface area (TPSA) is 335 Å². The van der Waals surface area contributed by atoms with E-state index >= 15 is 0 Å². The number of carbonyl (C=O) groups excluding carboxylic acids is 2. The summed E-state index contributed by atoms with van der Waals surface area (Å²) in [5.41, 5.74) is 11.2. The Bertz CT molecular complexity index is 1590. The number of ketones is 1. The fourth-order valence-corrected chi connectivity index (χ4v) is 6.98. The van der Waals surface area contributed by atoms with Crippen molar-refractivity contribution in [1.82, 2.24) is 24.4 Å². The highest BCUT2D eigenvalue weighted by atomic mass is 31.3. The molecule has 10 atom stereocenters. The molecule has 5 heterocycles. The van der Waals surface area contributed by atoms with Crippen LogP contribution in [-0.4, -0.2) is 129 Å². The van der Waals surface area contributed by atoms with E-state index in [1.807, 2.05) is 0 Å². The van der Waals surface area contributed by atoms with Crippen LogP contribution in [0.1, 0.15) is 12.6 Å². The van der Waals surface area contributed by atoms with E-state index in [-0.39, 0.29) is 35.5 Å². The molecular formula is C21H29N7O15P2. The number of aliphatic hydroxyl groups excluding tert-OH is 4. The lowest BCUT2D eigenvalue weighted by atomic mass is 10.0. The molecule has 45 heavy (non-hydrogen) atoms. The van der Waals surface area contributed by atoms with Crippen molar-refractivity contribution in [3.05, 3.63) is 24.4 Å². The van der Waals surface area contributed by atoms with Crippen LogP contribution in [0, 0.1) is 0 Å². The van der Waals surface area contributed by atoms with Crippen LogP contribution >= 0.6 is 15.6 Å². The molecule has 10 N–H and O–H groups in total. The zero-order chi connectivity index (χ0) is 32.8. The molecule has 0 radical (unpaired) electrons. The summed E-state index contributed by atoms with van der Waals surface area (Å²) >= 11 is 0. The Balaban J connectivity index is 1.15. The van der Waals surface area contributed by atoms with Gasteiger partial charge in [-0.3, -0.25) is 23.2 Å². The van der Waals surface area contributed by atoms with Crippen LogP contribution in [0.3, 0.4) is 0 Å². The molecular weight excluding hydrogens is 652 g/mol. The smallest absolute Gasteiger partial charge is 0.387 e. The molecule has 0 bridgehead atoms. The van der Waals surface area contributed by atoms with Crippen molar-refractivity contribution in [3.63, 3.8) is 0 Å². The van der Waals surface area contributed by atoms with E-state index in [0.29, 0.717) is 0 Å². The Morgan fingerprint density at radius 1 is 0.956 bits per heavy atom. The Morgan fingerprint density at radius 3 is 2.13 bits per heavy atom. The Morgan fingerprint density at radius 2 is 1.53 bits per heavy atom. The van der Waals surface area contributed by atoms with Gasteiger partial charge in [-0.1, -0.05) is 0 Å². The highest BCUT2D eigenvalue weighted by Gasteiger charge is 2.49. The van der Waals surface area contributed by atoms with E-state index in [1.165, 1.54) is 17.1 Å². The number of nitrogens with two attached hydrogens (primary N) is 2. The van der Waals surface area contributed by atoms with Crippen LogP contribution < -0.4 is 11.5 Å². The molecule has 0 spiro atoms. The number of primary amides is 1. The van der Waals surface area contributed by atoms with E-state index in [0.717, 1.165) is 11.2 Å². The van der Waals surface area contributed by atoms with Crippen molar-refractivity contribution >= 4 is 44.3 Å². The lowest BCUT2D eigenvalue weighted by Gasteiger charge is -2.31. The number of fused-ring (bicyclic) bond motifs is 1. The first kappa shape index (κ1) is 33.4. The molecule has 1 amide bonds. The van der Waals surface area contributed by atoms with Crippen molar-refractivity contribution in [3.8, 4) is 0 Å². The zero-order valence-corrected chi connectivity index (χ0v) is 24.6. The maximum Gasteiger partial charge on any atom is 0.481 e. The summed E-state index contributed by atoms with van der Waals surface area (Å²) in [4.78, 5) is 56.5. The van der Waals surface area contributed by atoms with E-state index in [9.17, 15) is 48.9 Å². The molecule has 2 aromatic rings. The number of nitrogen functional groups attached to an aromatic ring is 1. The summed E-state index contributed by atoms with van der Waals surface area (Å²) in [7, 11) is -10.8. The maximum absolute atomic E-state index is 12.4. The molecule has 0 saturated carbocycles. The number of ether oxygens (including phenoxy) is 2. The van der Waals surface area contributed by atoms with Crippen molar-refractivity contribution in [2.45, 2.75) is 55.5 Å². The lowest BCUT2D eigenvalue weighted by Crippen LogP contribution is -2.46. The van der Waals surface area contributed by atoms with E-state index < -0.39 is 89.6 Å². The molecule has 22 nitrogen and oxygen atoms in total. The van der Waals surface area contributed by atoms with Gasteiger partial charge in [-0.2, -0.15) is 4.31 Å². The molecule has 5 rings (SSSR count). The third-order valence-corrected chi connectivity index (χ3v) is 9.66. The summed E-state index contributed by atoms with van der Waals surface area (Å²) in [6, 6.07) is 0. The number of phosphoric acid groups is 2. The first-order valence-corrected chi connectivity index (χ1v) is 16.0. The largest absolute Gasteiger partial charge is 0.481 e. The molecule has 2 aromatic heterocycles. The van der Waals surface area contributed by atoms with Crippen molar-refractivity contribution < 1.29 is 71.8 Å². The molecule has 3 aliphatic rings. The zero-order valence-electron chi connectivity index (χ0n) is 22.8. The average molecular weight is 681 g/mol. The van der Waals surface area contributed by atoms with Crippen LogP contribution in [0.4, 0.5) is 5.82 Å². The summed E-state index contributed by atoms with van der Waals surface area (Å²) in [5.74, 6) is -1.27. The minimum Gasteiger partial charge on any atom is -0.387 e. The fraction of sp³-hybridized carbons (Fsp3) is 0.571. The lowest BCUT2D eigenvalue weighted by molar-refractivity contribution is -0.128. The van der Waals surface area contributed by atoms with E-state index in [1.54, 1.807) is 0 Å². The monoisotopic (exact) mass is 681 g/mol. The van der Waals surface area contributed by atoms with Crippen LogP contribution in [-0.2, 0) is 41.6 Å². The van der Waals surface area contributed by atoms with Gasteiger partial charge >= 0.3 is 15.6 Å². The summed E-state index contributed by atoms with van der Waals surface area (Å²) < 4.78 is 50.7. The van der Waals surface area contributed by atoms with E-state index in [4.69, 9.17) is 25.5 Å². The van der Waals surface area contributed by atoms with Crippen LogP contribution in [0.2, 0.25) is 0 Å². The number of aliphatic hydroxyl groups is 4. The number of phosphoric ester groups is 2. The standard InChI is InChI=1S/C21H29N7O15P2/c22-17-12-19(25-6-24-17)28(7-26-12)21-16(33)14(31)11(42-21)5-40-45(37,38)43-44(35,36)39-4-10-13(30)15(32)20(41-10)27-2-8(18(23)34)1-9(29)3-27/h2,6-7,10-11,13-16,20-21,30-33H,1,3-5H2,(H2,23,34)(H,35,36)(H,37,38)(H2,22,24,25)/t10-,11?,13-,14-,15-,16-,20-,21-/m1/s1. The van der Waals surface area contributed by atoms with Crippen LogP contribution in [0.5, 0.6) is 0 Å². The average Bonchev–Trinajstić information content (AvgIpc) is 3.60. The quantitative estimate of drug-likeness (QED) is 0.106. The minimum atomic E-state index is -5.41. The number of carbonyl (C=O) groups is 2. The van der Waals surface area contributed by atoms with Crippen LogP contribution in [0.25, 0.3) is 11.2 Å². The van der Waals surface area contributed by atoms with Gasteiger partial charge in [0.25, 0.3) is 0 Å². The third kappa shape index (κ3) is 7.08. The second-order valence-electron chi connectivity index (χ2n) is 10.2. The first-order valence-electron chi connectivity index (χ1n) is 13.0. The Hall–Kier alpha value is -2.95. The van der Waals surface area contributed by atoms with Gasteiger partial charge in [0.05, 0.1) is 26.1 Å². The molecule has 3 unspecified atom stereocenters. The summed E-state index contributed by atoms with van der Waals surface area (Å²) in [5, 5.41) is 41.7. The normalized spacial score (nSPS) is 33.2. The van der Waals surface area contributed by atoms with Crippen LogP contribution in [0.15, 0.2) is 24.4 Å². The third-order valence-electron chi connectivity index (χ3n) is 7.06. The SMILES string of the molecule is NC(=O)C1=CN([C@@H]2O[C@H](COP(=O)(O)OP(=O)(O)OCC3O[C@@H](n4cnc5c(N)ncnc54)[C@H](O)[C@@H]3O)[C@@H](O)[C@H]2O)CC(=O)C1. The number of Topliss-reactive ketones (excluding diaryl/α,β-unsaturated/α-hetero) is 1. The van der Waals surface area contributed by atoms with Gasteiger partial charge in [0.2, 0.25) is 5.91 Å². The number of rotatable bonds is 11. The number of hydrogen-bond acceptors (Lipinski definition) is 18. The number of anilines is 1. The highest BCUT2D eigenvalue weighted by Crippen LogP contribution is 2.60. The number of aromatic nitrogens is 4. The van der Waals surface area contributed by atoms with Gasteiger partial charge < -0.3 is 56.1 Å². The second kappa shape index (κ2) is 12.7. The van der Waals surface area contributed by atoms with Crippen molar-refractivity contribution in [1.29, 1.82) is 0 Å². The van der Waals surface area contributed by atoms with Crippen molar-refractivity contribution in [2.24, 2.45) is 5.73 Å². The highest BCUT2D eigenvalue weighted by molar-refractivity contribution is 7.61. The number of imidazole rings is 1. The molecule has 2 fully saturated rings. The molecule has 0 aromatic carbocycles. The van der Waals surface area contributed by atoms with E-state index in [2.05, 4.69) is 23.8 Å². The molecule has 2 saturated heterocycles. The van der Waals surface area contributed by atoms with Gasteiger partial charge in [-0.15, -0.1) is 0 Å². The molecule has 0 aliphatic carbocycles. The molecule has 3 aliphatic heterocycles. The number of amides is 1. The maximum atomic E-state index is 12.4. The van der Waals surface area contributed by atoms with Gasteiger partial charge in [-0.05, 0) is 0 Å². The second-order valence-corrected chi connectivity index (χ2v) is 13.2. The Labute approximate surface area is 252 Å². The van der Waals surface area contributed by atoms with Gasteiger partial charge in [0, 0.05) is 18.2 Å². The van der Waals surface area contributed by atoms with Crippen molar-refractivity contribution in [2.75, 3.05) is 25.5 Å². The molecule has 248 valence electrons. The predicted octanol–water partition coefficient (Wildman–Crippen LogP) is -3.63. The number of hydrogen-bond donors (Lipinski definition) is 8. The first-order chi connectivity index (χ1) is 21.1. The minimum absolute atomic E-state index is 0.0418. The number of nitrogens with zero attached hydrogens (tertiary/aromatic N) is 5. The predicted molar refractivity (Wildman–Crippen MR) is 143 cm³/mol. The molecule has 24 heteroatoms. The summed E-state index contributed by atoms with van der Waals surface area (Å²) in [6.07, 6.45) is -9.02. The Kier molecular flexibility index (Phi) is 9.42.